The van der Waals surface area contributed by atoms with Crippen molar-refractivity contribution in [1.29, 1.82) is 0 Å². The number of hydrogen-bond donors (Lipinski definition) is 4. The third kappa shape index (κ3) is 2.05. The summed E-state index contributed by atoms with van der Waals surface area (Å²) in [6.45, 7) is 2.00. The predicted octanol–water partition coefficient (Wildman–Crippen LogP) is -1.42. The van der Waals surface area contributed by atoms with Crippen LogP contribution in [0.3, 0.4) is 0 Å². The Kier molecular flexibility index (Phi) is 2.79. The van der Waals surface area contributed by atoms with Gasteiger partial charge in [-0.25, -0.2) is 4.74 Å². The Morgan fingerprint density at radius 3 is 2.67 bits per heavy atom. The second kappa shape index (κ2) is 4.08. The van der Waals surface area contributed by atoms with E-state index in [-0.39, 0.29) is 5.84 Å². The van der Waals surface area contributed by atoms with Crippen LogP contribution in [0.25, 0.3) is 0 Å². The molecule has 0 aromatic carbocycles. The maximum Gasteiger partial charge on any atom is 0.275 e. The van der Waals surface area contributed by atoms with Crippen LogP contribution in [0.2, 0.25) is 0 Å². The molecule has 2 heterocycles. The highest BCUT2D eigenvalue weighted by atomic mass is 16.5. The van der Waals surface area contributed by atoms with Crippen LogP contribution in [0.5, 0.6) is 0 Å². The lowest BCUT2D eigenvalue weighted by Gasteiger charge is -2.31. The molecule has 2 rings (SSSR count). The van der Waals surface area contributed by atoms with E-state index in [0.29, 0.717) is 10.7 Å². The van der Waals surface area contributed by atoms with E-state index in [2.05, 4.69) is 10.6 Å². The summed E-state index contributed by atoms with van der Waals surface area (Å²) in [4.78, 5) is 0. The van der Waals surface area contributed by atoms with E-state index in [9.17, 15) is 5.21 Å². The number of rotatable bonds is 1. The Labute approximate surface area is 88.6 Å². The largest absolute Gasteiger partial charge is 0.713 e. The fourth-order valence-electron chi connectivity index (χ4n) is 2.02. The minimum absolute atomic E-state index is 0.190. The summed E-state index contributed by atoms with van der Waals surface area (Å²) in [5, 5.41) is 17.5. The van der Waals surface area contributed by atoms with Crippen LogP contribution in [0.1, 0.15) is 12.8 Å². The number of nitrogens with two attached hydrogens (primary N) is 2. The topological polar surface area (TPSA) is 102 Å². The third-order valence-electron chi connectivity index (χ3n) is 2.90. The molecule has 6 N–H and O–H groups in total. The zero-order chi connectivity index (χ0) is 10.8. The molecular formula is C9H17N5O. The Balaban J connectivity index is 2.13. The first-order chi connectivity index (χ1) is 7.18. The summed E-state index contributed by atoms with van der Waals surface area (Å²) in [6.07, 6.45) is 3.06. The van der Waals surface area contributed by atoms with Crippen molar-refractivity contribution in [2.24, 2.45) is 17.4 Å². The summed E-state index contributed by atoms with van der Waals surface area (Å²) in [6, 6.07) is 0. The summed E-state index contributed by atoms with van der Waals surface area (Å²) < 4.78 is 0.588. The van der Waals surface area contributed by atoms with E-state index < -0.39 is 6.29 Å². The normalized spacial score (nSPS) is 28.6. The summed E-state index contributed by atoms with van der Waals surface area (Å²) in [5.41, 5.74) is 12.2. The van der Waals surface area contributed by atoms with Crippen LogP contribution in [0, 0.1) is 11.1 Å². The van der Waals surface area contributed by atoms with Crippen LogP contribution >= 0.6 is 0 Å². The van der Waals surface area contributed by atoms with Crippen molar-refractivity contribution in [2.45, 2.75) is 19.1 Å². The van der Waals surface area contributed by atoms with Gasteiger partial charge in [-0.1, -0.05) is 0 Å². The first kappa shape index (κ1) is 10.3. The van der Waals surface area contributed by atoms with E-state index >= 15 is 0 Å². The van der Waals surface area contributed by atoms with Gasteiger partial charge in [-0.15, -0.1) is 0 Å². The molecule has 0 amide bonds. The number of piperidine rings is 1. The van der Waals surface area contributed by atoms with Gasteiger partial charge >= 0.3 is 0 Å². The van der Waals surface area contributed by atoms with Gasteiger partial charge in [0.2, 0.25) is 6.29 Å². The second-order valence-electron chi connectivity index (χ2n) is 3.96. The van der Waals surface area contributed by atoms with Crippen LogP contribution < -0.4 is 22.1 Å². The molecule has 1 unspecified atom stereocenters. The van der Waals surface area contributed by atoms with Crippen molar-refractivity contribution in [3.05, 3.63) is 17.0 Å². The molecule has 0 saturated carbocycles. The SMILES string of the molecule is NC1=[N+]([O-])C(N)NC(C2CCNCC2)=C1. The highest BCUT2D eigenvalue weighted by Crippen LogP contribution is 2.20. The van der Waals surface area contributed by atoms with Gasteiger partial charge in [0, 0.05) is 17.7 Å². The van der Waals surface area contributed by atoms with Crippen molar-refractivity contribution >= 4 is 5.84 Å². The van der Waals surface area contributed by atoms with E-state index in [4.69, 9.17) is 11.5 Å². The molecule has 0 aliphatic carbocycles. The number of allylic oxidation sites excluding steroid dienone is 1. The Bertz CT molecular complexity index is 306. The molecule has 0 aromatic rings. The first-order valence-corrected chi connectivity index (χ1v) is 5.21. The Morgan fingerprint density at radius 2 is 2.07 bits per heavy atom. The van der Waals surface area contributed by atoms with Crippen molar-refractivity contribution in [1.82, 2.24) is 10.6 Å². The van der Waals surface area contributed by atoms with Gasteiger partial charge in [0.25, 0.3) is 5.84 Å². The van der Waals surface area contributed by atoms with E-state index in [0.717, 1.165) is 31.6 Å². The number of nitrogens with one attached hydrogen (secondary N) is 2. The Morgan fingerprint density at radius 1 is 1.40 bits per heavy atom. The predicted molar refractivity (Wildman–Crippen MR) is 57.6 cm³/mol. The zero-order valence-corrected chi connectivity index (χ0v) is 8.57. The van der Waals surface area contributed by atoms with Gasteiger partial charge in [0.15, 0.2) is 0 Å². The molecule has 1 fully saturated rings. The quantitative estimate of drug-likeness (QED) is 0.315. The average Bonchev–Trinajstić information content (AvgIpc) is 2.26. The Hall–Kier alpha value is -1.27. The molecule has 0 radical (unpaired) electrons. The highest BCUT2D eigenvalue weighted by molar-refractivity contribution is 5.88. The summed E-state index contributed by atoms with van der Waals surface area (Å²) in [7, 11) is 0. The minimum atomic E-state index is -0.750. The van der Waals surface area contributed by atoms with Gasteiger partial charge < -0.3 is 15.8 Å². The summed E-state index contributed by atoms with van der Waals surface area (Å²) >= 11 is 0. The molecule has 2 aliphatic heterocycles. The number of nitrogens with zero attached hydrogens (tertiary/aromatic N) is 1. The monoisotopic (exact) mass is 211 g/mol. The van der Waals surface area contributed by atoms with Crippen molar-refractivity contribution in [2.75, 3.05) is 13.1 Å². The minimum Gasteiger partial charge on any atom is -0.713 e. The third-order valence-corrected chi connectivity index (χ3v) is 2.90. The molecule has 15 heavy (non-hydrogen) atoms. The van der Waals surface area contributed by atoms with Gasteiger partial charge in [-0.05, 0) is 25.9 Å². The maximum absolute atomic E-state index is 11.3. The molecule has 0 aromatic heterocycles. The molecule has 1 atom stereocenters. The molecule has 6 nitrogen and oxygen atoms in total. The fourth-order valence-corrected chi connectivity index (χ4v) is 2.02. The smallest absolute Gasteiger partial charge is 0.275 e. The molecule has 6 heteroatoms. The van der Waals surface area contributed by atoms with Gasteiger partial charge in [0.1, 0.15) is 0 Å². The van der Waals surface area contributed by atoms with Gasteiger partial charge in [-0.3, -0.25) is 11.5 Å². The molecule has 0 spiro atoms. The van der Waals surface area contributed by atoms with Crippen molar-refractivity contribution < 1.29 is 4.74 Å². The van der Waals surface area contributed by atoms with E-state index in [1.807, 2.05) is 0 Å². The fraction of sp³-hybridized carbons (Fsp3) is 0.667. The lowest BCUT2D eigenvalue weighted by molar-refractivity contribution is -0.508. The zero-order valence-electron chi connectivity index (χ0n) is 8.57. The molecular weight excluding hydrogens is 194 g/mol. The molecule has 84 valence electrons. The first-order valence-electron chi connectivity index (χ1n) is 5.21. The van der Waals surface area contributed by atoms with Gasteiger partial charge in [0.05, 0.1) is 0 Å². The lowest BCUT2D eigenvalue weighted by Crippen LogP contribution is -2.52. The van der Waals surface area contributed by atoms with Crippen molar-refractivity contribution in [3.8, 4) is 0 Å². The molecule has 1 saturated heterocycles. The van der Waals surface area contributed by atoms with Crippen LogP contribution in [0.4, 0.5) is 0 Å². The number of amidine groups is 1. The van der Waals surface area contributed by atoms with Gasteiger partial charge in [-0.2, -0.15) is 0 Å². The van der Waals surface area contributed by atoms with Crippen LogP contribution in [-0.4, -0.2) is 30.0 Å². The van der Waals surface area contributed by atoms with E-state index in [1.165, 1.54) is 0 Å². The van der Waals surface area contributed by atoms with Crippen LogP contribution in [-0.2, 0) is 0 Å². The molecule has 0 bridgehead atoms. The van der Waals surface area contributed by atoms with Crippen LogP contribution in [0.15, 0.2) is 11.8 Å². The summed E-state index contributed by atoms with van der Waals surface area (Å²) in [5.74, 6) is 0.624. The number of hydrogen-bond acceptors (Lipinski definition) is 5. The highest BCUT2D eigenvalue weighted by Gasteiger charge is 2.24. The number of hydroxylamine groups is 1. The standard InChI is InChI=1S/C9H17N5O/c10-8-5-7(13-9(11)14(8)15)6-1-3-12-4-2-6/h5-6,9,12-13H,1-4,10-11H2. The second-order valence-corrected chi connectivity index (χ2v) is 3.96. The average molecular weight is 211 g/mol. The molecule has 2 aliphatic rings. The lowest BCUT2D eigenvalue weighted by atomic mass is 9.93. The van der Waals surface area contributed by atoms with Crippen molar-refractivity contribution in [3.63, 3.8) is 0 Å². The van der Waals surface area contributed by atoms with E-state index in [1.54, 1.807) is 6.08 Å². The maximum atomic E-state index is 11.3.